The molecule has 1 N–H and O–H groups in total. The van der Waals surface area contributed by atoms with Crippen LogP contribution in [0.4, 0.5) is 0 Å². The summed E-state index contributed by atoms with van der Waals surface area (Å²) in [6.45, 7) is 14.6. The third-order valence-corrected chi connectivity index (χ3v) is 3.73. The van der Waals surface area contributed by atoms with E-state index in [0.717, 1.165) is 24.7 Å². The van der Waals surface area contributed by atoms with Crippen LogP contribution in [0.5, 0.6) is 5.75 Å². The first kappa shape index (κ1) is 18.5. The van der Waals surface area contributed by atoms with E-state index in [4.69, 9.17) is 4.74 Å². The molecule has 4 heteroatoms. The number of benzene rings is 1. The van der Waals surface area contributed by atoms with Crippen LogP contribution in [0, 0.1) is 5.92 Å². The van der Waals surface area contributed by atoms with Crippen molar-refractivity contribution >= 4 is 0 Å². The molecule has 0 fully saturated rings. The fourth-order valence-corrected chi connectivity index (χ4v) is 2.61. The molecule has 24 heavy (non-hydrogen) atoms. The maximum absolute atomic E-state index is 5.87. The molecule has 1 aromatic heterocycles. The van der Waals surface area contributed by atoms with E-state index in [2.05, 4.69) is 74.7 Å². The quantitative estimate of drug-likeness (QED) is 0.809. The largest absolute Gasteiger partial charge is 0.488 e. The number of nitrogens with one attached hydrogen (secondary N) is 1. The van der Waals surface area contributed by atoms with Gasteiger partial charge in [-0.05, 0) is 51.3 Å². The molecular formula is C20H31N3O. The Bertz CT molecular complexity index is 623. The monoisotopic (exact) mass is 329 g/mol. The molecule has 0 unspecified atom stereocenters. The zero-order valence-corrected chi connectivity index (χ0v) is 15.8. The second-order valence-electron chi connectivity index (χ2n) is 7.78. The van der Waals surface area contributed by atoms with E-state index in [-0.39, 0.29) is 11.6 Å². The number of hydrogen-bond donors (Lipinski definition) is 1. The number of hydrogen-bond acceptors (Lipinski definition) is 3. The third-order valence-electron chi connectivity index (χ3n) is 3.73. The Morgan fingerprint density at radius 3 is 2.38 bits per heavy atom. The topological polar surface area (TPSA) is 39.1 Å². The van der Waals surface area contributed by atoms with E-state index in [1.807, 2.05) is 18.3 Å². The van der Waals surface area contributed by atoms with E-state index in [1.165, 1.54) is 5.56 Å². The van der Waals surface area contributed by atoms with Crippen LogP contribution in [-0.2, 0) is 13.1 Å². The normalized spacial score (nSPS) is 13.3. The van der Waals surface area contributed by atoms with E-state index >= 15 is 0 Å². The van der Waals surface area contributed by atoms with Crippen molar-refractivity contribution in [2.24, 2.45) is 5.92 Å². The predicted octanol–water partition coefficient (Wildman–Crippen LogP) is 4.57. The van der Waals surface area contributed by atoms with Crippen LogP contribution in [0.15, 0.2) is 36.7 Å². The highest BCUT2D eigenvalue weighted by Crippen LogP contribution is 2.21. The van der Waals surface area contributed by atoms with Gasteiger partial charge in [-0.2, -0.15) is 0 Å². The summed E-state index contributed by atoms with van der Waals surface area (Å²) in [5, 5.41) is 3.56. The second-order valence-corrected chi connectivity index (χ2v) is 7.78. The van der Waals surface area contributed by atoms with Crippen LogP contribution in [0.3, 0.4) is 0 Å². The number of rotatable bonds is 7. The molecule has 0 aliphatic carbocycles. The van der Waals surface area contributed by atoms with Crippen LogP contribution in [0.25, 0.3) is 0 Å². The van der Waals surface area contributed by atoms with Crippen LogP contribution in [-0.4, -0.2) is 15.2 Å². The van der Waals surface area contributed by atoms with Crippen molar-refractivity contribution in [3.8, 4) is 5.75 Å². The summed E-state index contributed by atoms with van der Waals surface area (Å²) in [6, 6.07) is 8.59. The number of imidazole rings is 1. The van der Waals surface area contributed by atoms with E-state index in [0.29, 0.717) is 5.92 Å². The molecule has 0 amide bonds. The van der Waals surface area contributed by atoms with Gasteiger partial charge < -0.3 is 14.6 Å². The highest BCUT2D eigenvalue weighted by molar-refractivity contribution is 5.29. The van der Waals surface area contributed by atoms with Gasteiger partial charge in [0.1, 0.15) is 17.2 Å². The minimum Gasteiger partial charge on any atom is -0.488 e. The molecule has 0 spiro atoms. The van der Waals surface area contributed by atoms with Crippen molar-refractivity contribution in [1.82, 2.24) is 14.9 Å². The van der Waals surface area contributed by atoms with E-state index < -0.39 is 0 Å². The lowest BCUT2D eigenvalue weighted by molar-refractivity contribution is 0.131. The molecule has 2 aromatic rings. The molecule has 1 heterocycles. The van der Waals surface area contributed by atoms with Crippen molar-refractivity contribution in [1.29, 1.82) is 0 Å². The summed E-state index contributed by atoms with van der Waals surface area (Å²) < 4.78 is 8.10. The summed E-state index contributed by atoms with van der Waals surface area (Å²) >= 11 is 0. The predicted molar refractivity (Wildman–Crippen MR) is 99.1 cm³/mol. The van der Waals surface area contributed by atoms with Crippen molar-refractivity contribution in [2.45, 2.75) is 66.3 Å². The van der Waals surface area contributed by atoms with Crippen molar-refractivity contribution in [3.05, 3.63) is 48.0 Å². The van der Waals surface area contributed by atoms with Crippen LogP contribution < -0.4 is 10.1 Å². The van der Waals surface area contributed by atoms with Gasteiger partial charge in [0, 0.05) is 25.0 Å². The fourth-order valence-electron chi connectivity index (χ4n) is 2.61. The van der Waals surface area contributed by atoms with Gasteiger partial charge in [-0.3, -0.25) is 0 Å². The standard InChI is InChI=1S/C20H31N3O/c1-15(2)14-23-12-11-21-19(23)13-22-16(3)17-7-9-18(10-8-17)24-20(4,5)6/h7-12,15-16,22H,13-14H2,1-6H3/t16-/m0/s1. The first-order chi connectivity index (χ1) is 11.2. The molecule has 0 bridgehead atoms. The van der Waals surface area contributed by atoms with E-state index in [9.17, 15) is 0 Å². The lowest BCUT2D eigenvalue weighted by atomic mass is 10.1. The van der Waals surface area contributed by atoms with Crippen LogP contribution in [0.2, 0.25) is 0 Å². The SMILES string of the molecule is CC(C)Cn1ccnc1CN[C@@H](C)c1ccc(OC(C)(C)C)cc1. The third kappa shape index (κ3) is 5.68. The lowest BCUT2D eigenvalue weighted by Gasteiger charge is -2.22. The number of nitrogens with zero attached hydrogens (tertiary/aromatic N) is 2. The van der Waals surface area contributed by atoms with Crippen LogP contribution >= 0.6 is 0 Å². The Labute approximate surface area is 146 Å². The highest BCUT2D eigenvalue weighted by Gasteiger charge is 2.13. The summed E-state index contributed by atoms with van der Waals surface area (Å²) in [7, 11) is 0. The van der Waals surface area contributed by atoms with Gasteiger partial charge in [-0.15, -0.1) is 0 Å². The molecule has 0 saturated carbocycles. The highest BCUT2D eigenvalue weighted by atomic mass is 16.5. The zero-order chi connectivity index (χ0) is 17.7. The van der Waals surface area contributed by atoms with Crippen molar-refractivity contribution in [3.63, 3.8) is 0 Å². The average Bonchev–Trinajstić information content (AvgIpc) is 2.90. The summed E-state index contributed by atoms with van der Waals surface area (Å²) in [6.07, 6.45) is 3.93. The van der Waals surface area contributed by atoms with Gasteiger partial charge in [-0.25, -0.2) is 4.98 Å². The molecule has 0 aliphatic rings. The minimum absolute atomic E-state index is 0.168. The molecule has 1 atom stereocenters. The molecule has 132 valence electrons. The van der Waals surface area contributed by atoms with Crippen LogP contribution in [0.1, 0.15) is 59.0 Å². The average molecular weight is 329 g/mol. The second kappa shape index (κ2) is 7.84. The number of ether oxygens (including phenoxy) is 1. The molecule has 0 saturated heterocycles. The fraction of sp³-hybridized carbons (Fsp3) is 0.550. The van der Waals surface area contributed by atoms with Gasteiger partial charge in [0.05, 0.1) is 6.54 Å². The molecule has 1 aromatic carbocycles. The summed E-state index contributed by atoms with van der Waals surface area (Å²) in [4.78, 5) is 4.47. The Morgan fingerprint density at radius 1 is 1.12 bits per heavy atom. The molecule has 0 aliphatic heterocycles. The molecule has 4 nitrogen and oxygen atoms in total. The molecule has 2 rings (SSSR count). The van der Waals surface area contributed by atoms with E-state index in [1.54, 1.807) is 0 Å². The Hall–Kier alpha value is -1.81. The first-order valence-electron chi connectivity index (χ1n) is 8.77. The zero-order valence-electron chi connectivity index (χ0n) is 15.8. The minimum atomic E-state index is -0.168. The Kier molecular flexibility index (Phi) is 6.05. The first-order valence-corrected chi connectivity index (χ1v) is 8.77. The maximum atomic E-state index is 5.87. The van der Waals surface area contributed by atoms with Gasteiger partial charge >= 0.3 is 0 Å². The van der Waals surface area contributed by atoms with Crippen molar-refractivity contribution in [2.75, 3.05) is 0 Å². The summed E-state index contributed by atoms with van der Waals surface area (Å²) in [5.41, 5.74) is 1.08. The number of aromatic nitrogens is 2. The molecule has 0 radical (unpaired) electrons. The Balaban J connectivity index is 1.93. The lowest BCUT2D eigenvalue weighted by Crippen LogP contribution is -2.23. The smallest absolute Gasteiger partial charge is 0.122 e. The van der Waals surface area contributed by atoms with Gasteiger partial charge in [-0.1, -0.05) is 26.0 Å². The molecular weight excluding hydrogens is 298 g/mol. The maximum Gasteiger partial charge on any atom is 0.122 e. The van der Waals surface area contributed by atoms with Crippen molar-refractivity contribution < 1.29 is 4.74 Å². The summed E-state index contributed by atoms with van der Waals surface area (Å²) in [5.74, 6) is 2.61. The Morgan fingerprint density at radius 2 is 1.79 bits per heavy atom. The van der Waals surface area contributed by atoms with Gasteiger partial charge in [0.2, 0.25) is 0 Å². The van der Waals surface area contributed by atoms with Gasteiger partial charge in [0.15, 0.2) is 0 Å². The van der Waals surface area contributed by atoms with Gasteiger partial charge in [0.25, 0.3) is 0 Å².